The van der Waals surface area contributed by atoms with E-state index in [1.165, 1.54) is 27.8 Å². The first-order valence-electron chi connectivity index (χ1n) is 8.18. The molecular formula is C22H19ClO. The second kappa shape index (κ2) is 5.68. The summed E-state index contributed by atoms with van der Waals surface area (Å²) >= 11 is 6.31. The summed E-state index contributed by atoms with van der Waals surface area (Å²) in [5, 5.41) is 0.740. The van der Waals surface area contributed by atoms with Crippen LogP contribution in [0.5, 0.6) is 11.5 Å². The number of hydrogen-bond acceptors (Lipinski definition) is 1. The minimum atomic E-state index is 0.143. The van der Waals surface area contributed by atoms with Crippen LogP contribution in [-0.4, -0.2) is 0 Å². The lowest BCUT2D eigenvalue weighted by Gasteiger charge is -2.31. The Morgan fingerprint density at radius 1 is 0.792 bits per heavy atom. The molecule has 0 bridgehead atoms. The maximum Gasteiger partial charge on any atom is 0.131 e. The predicted molar refractivity (Wildman–Crippen MR) is 99.6 cm³/mol. The third-order valence-corrected chi connectivity index (χ3v) is 4.99. The molecule has 1 atom stereocenters. The molecule has 1 unspecified atom stereocenters. The minimum absolute atomic E-state index is 0.143. The number of fused-ring (bicyclic) bond motifs is 2. The quantitative estimate of drug-likeness (QED) is 0.383. The zero-order valence-corrected chi connectivity index (χ0v) is 14.8. The van der Waals surface area contributed by atoms with Crippen LogP contribution in [0.2, 0.25) is 5.02 Å². The van der Waals surface area contributed by atoms with Crippen LogP contribution < -0.4 is 4.74 Å². The SMILES string of the molecule is Cc1cc(C)c(C2c3ccccc3Oc3ccc(Cl)cc32)c(C)c1. The third kappa shape index (κ3) is 2.40. The highest BCUT2D eigenvalue weighted by Gasteiger charge is 2.30. The summed E-state index contributed by atoms with van der Waals surface area (Å²) in [6, 6.07) is 18.7. The van der Waals surface area contributed by atoms with Crippen LogP contribution in [-0.2, 0) is 0 Å². The number of rotatable bonds is 1. The molecule has 1 nitrogen and oxygen atoms in total. The van der Waals surface area contributed by atoms with Crippen molar-refractivity contribution in [3.05, 3.63) is 93.0 Å². The second-order valence-electron chi connectivity index (χ2n) is 6.57. The topological polar surface area (TPSA) is 9.23 Å². The molecule has 1 aliphatic heterocycles. The molecule has 0 fully saturated rings. The van der Waals surface area contributed by atoms with Gasteiger partial charge in [0, 0.05) is 22.1 Å². The summed E-state index contributed by atoms with van der Waals surface area (Å²) in [5.74, 6) is 1.96. The summed E-state index contributed by atoms with van der Waals surface area (Å²) in [4.78, 5) is 0. The van der Waals surface area contributed by atoms with Crippen molar-refractivity contribution in [2.75, 3.05) is 0 Å². The minimum Gasteiger partial charge on any atom is -0.457 e. The van der Waals surface area contributed by atoms with Crippen LogP contribution in [0.1, 0.15) is 39.3 Å². The van der Waals surface area contributed by atoms with E-state index in [4.69, 9.17) is 16.3 Å². The van der Waals surface area contributed by atoms with Gasteiger partial charge in [-0.1, -0.05) is 47.5 Å². The fraction of sp³-hybridized carbons (Fsp3) is 0.182. The highest BCUT2D eigenvalue weighted by molar-refractivity contribution is 6.30. The molecule has 1 heterocycles. The predicted octanol–water partition coefficient (Wildman–Crippen LogP) is 6.55. The molecule has 1 aliphatic rings. The Morgan fingerprint density at radius 2 is 1.46 bits per heavy atom. The molecule has 0 radical (unpaired) electrons. The number of halogens is 1. The molecule has 0 saturated heterocycles. The molecule has 0 aromatic heterocycles. The van der Waals surface area contributed by atoms with Crippen molar-refractivity contribution >= 4 is 11.6 Å². The Balaban J connectivity index is 2.04. The summed E-state index contributed by atoms with van der Waals surface area (Å²) < 4.78 is 6.13. The van der Waals surface area contributed by atoms with Gasteiger partial charge in [-0.05, 0) is 61.7 Å². The molecule has 0 amide bonds. The standard InChI is InChI=1S/C22H19ClO/c1-13-10-14(2)21(15(3)11-13)22-17-6-4-5-7-19(17)24-20-9-8-16(23)12-18(20)22/h4-12,22H,1-3H3. The fourth-order valence-electron chi connectivity index (χ4n) is 3.89. The molecule has 120 valence electrons. The van der Waals surface area contributed by atoms with Gasteiger partial charge in [0.1, 0.15) is 11.5 Å². The zero-order valence-electron chi connectivity index (χ0n) is 14.1. The van der Waals surface area contributed by atoms with Gasteiger partial charge in [-0.2, -0.15) is 0 Å². The van der Waals surface area contributed by atoms with E-state index in [-0.39, 0.29) is 5.92 Å². The Bertz CT molecular complexity index is 919. The Labute approximate surface area is 147 Å². The van der Waals surface area contributed by atoms with E-state index in [0.29, 0.717) is 0 Å². The molecule has 3 aromatic carbocycles. The van der Waals surface area contributed by atoms with Crippen LogP contribution in [0.25, 0.3) is 0 Å². The largest absolute Gasteiger partial charge is 0.457 e. The fourth-order valence-corrected chi connectivity index (χ4v) is 4.07. The van der Waals surface area contributed by atoms with Gasteiger partial charge in [-0.15, -0.1) is 0 Å². The van der Waals surface area contributed by atoms with Gasteiger partial charge in [0.25, 0.3) is 0 Å². The lowest BCUT2D eigenvalue weighted by molar-refractivity contribution is 0.452. The van der Waals surface area contributed by atoms with E-state index in [2.05, 4.69) is 45.0 Å². The average molecular weight is 335 g/mol. The maximum absolute atomic E-state index is 6.31. The van der Waals surface area contributed by atoms with Crippen molar-refractivity contribution in [1.82, 2.24) is 0 Å². The second-order valence-corrected chi connectivity index (χ2v) is 7.00. The smallest absolute Gasteiger partial charge is 0.131 e. The molecule has 0 N–H and O–H groups in total. The monoisotopic (exact) mass is 334 g/mol. The molecule has 2 heteroatoms. The molecule has 4 rings (SSSR count). The number of benzene rings is 3. The third-order valence-electron chi connectivity index (χ3n) is 4.76. The summed E-state index contributed by atoms with van der Waals surface area (Å²) in [6.45, 7) is 6.53. The summed E-state index contributed by atoms with van der Waals surface area (Å²) in [5.41, 5.74) is 7.58. The van der Waals surface area contributed by atoms with Crippen molar-refractivity contribution < 1.29 is 4.74 Å². The van der Waals surface area contributed by atoms with Gasteiger partial charge in [0.2, 0.25) is 0 Å². The molecule has 0 saturated carbocycles. The van der Waals surface area contributed by atoms with E-state index < -0.39 is 0 Å². The van der Waals surface area contributed by atoms with Crippen LogP contribution >= 0.6 is 11.6 Å². The Hall–Kier alpha value is -2.25. The van der Waals surface area contributed by atoms with Crippen LogP contribution in [0.4, 0.5) is 0 Å². The maximum atomic E-state index is 6.31. The lowest BCUT2D eigenvalue weighted by atomic mass is 9.78. The molecular weight excluding hydrogens is 316 g/mol. The molecule has 0 spiro atoms. The van der Waals surface area contributed by atoms with Crippen molar-refractivity contribution in [2.24, 2.45) is 0 Å². The first-order valence-corrected chi connectivity index (χ1v) is 8.56. The normalized spacial score (nSPS) is 15.4. The van der Waals surface area contributed by atoms with Crippen LogP contribution in [0, 0.1) is 20.8 Å². The zero-order chi connectivity index (χ0) is 16.8. The van der Waals surface area contributed by atoms with Gasteiger partial charge in [-0.25, -0.2) is 0 Å². The summed E-state index contributed by atoms with van der Waals surface area (Å²) in [6.07, 6.45) is 0. The Kier molecular flexibility index (Phi) is 3.62. The first kappa shape index (κ1) is 15.3. The number of aryl methyl sites for hydroxylation is 3. The van der Waals surface area contributed by atoms with Gasteiger partial charge >= 0.3 is 0 Å². The average Bonchev–Trinajstić information content (AvgIpc) is 2.53. The highest BCUT2D eigenvalue weighted by Crippen LogP contribution is 2.49. The van der Waals surface area contributed by atoms with E-state index in [1.807, 2.05) is 30.3 Å². The van der Waals surface area contributed by atoms with Crippen LogP contribution in [0.3, 0.4) is 0 Å². The van der Waals surface area contributed by atoms with E-state index in [1.54, 1.807) is 0 Å². The van der Waals surface area contributed by atoms with Crippen molar-refractivity contribution in [1.29, 1.82) is 0 Å². The van der Waals surface area contributed by atoms with E-state index in [0.717, 1.165) is 22.1 Å². The van der Waals surface area contributed by atoms with Gasteiger partial charge in [0.05, 0.1) is 0 Å². The van der Waals surface area contributed by atoms with Gasteiger partial charge in [0.15, 0.2) is 0 Å². The number of ether oxygens (including phenoxy) is 1. The number of hydrogen-bond donors (Lipinski definition) is 0. The van der Waals surface area contributed by atoms with E-state index >= 15 is 0 Å². The first-order chi connectivity index (χ1) is 11.5. The van der Waals surface area contributed by atoms with Crippen molar-refractivity contribution in [2.45, 2.75) is 26.7 Å². The molecule has 24 heavy (non-hydrogen) atoms. The Morgan fingerprint density at radius 3 is 2.21 bits per heavy atom. The highest BCUT2D eigenvalue weighted by atomic mass is 35.5. The van der Waals surface area contributed by atoms with E-state index in [9.17, 15) is 0 Å². The summed E-state index contributed by atoms with van der Waals surface area (Å²) in [7, 11) is 0. The van der Waals surface area contributed by atoms with Crippen LogP contribution in [0.15, 0.2) is 54.6 Å². The lowest BCUT2D eigenvalue weighted by Crippen LogP contribution is -2.14. The molecule has 0 aliphatic carbocycles. The van der Waals surface area contributed by atoms with Gasteiger partial charge in [-0.3, -0.25) is 0 Å². The van der Waals surface area contributed by atoms with Crippen molar-refractivity contribution in [3.8, 4) is 11.5 Å². The van der Waals surface area contributed by atoms with Gasteiger partial charge < -0.3 is 4.74 Å². The van der Waals surface area contributed by atoms with Crippen molar-refractivity contribution in [3.63, 3.8) is 0 Å². The number of para-hydroxylation sites is 1. The molecule has 3 aromatic rings.